The van der Waals surface area contributed by atoms with Gasteiger partial charge < -0.3 is 9.32 Å². The number of hydrogen-bond donors (Lipinski definition) is 0. The zero-order valence-electron chi connectivity index (χ0n) is 41.9. The van der Waals surface area contributed by atoms with Crippen LogP contribution >= 0.6 is 0 Å². The summed E-state index contributed by atoms with van der Waals surface area (Å²) in [4.78, 5) is 2.49. The maximum atomic E-state index is 6.24. The van der Waals surface area contributed by atoms with Gasteiger partial charge in [0.15, 0.2) is 0 Å². The fourth-order valence-corrected chi connectivity index (χ4v) is 10.8. The van der Waals surface area contributed by atoms with Gasteiger partial charge >= 0.3 is 0 Å². The molecule has 0 spiro atoms. The molecule has 0 aliphatic carbocycles. The van der Waals surface area contributed by atoms with E-state index in [1.165, 1.54) is 66.1 Å². The molecule has 0 aliphatic rings. The average molecular weight is 928 g/mol. The third-order valence-corrected chi connectivity index (χ3v) is 14.6. The molecule has 1 heterocycles. The SMILES string of the molecule is CC(C)(C)c1cc(-c2cccc3cccc(-c4ccccc4N(c4ccc(-c5ccc6oc7ccccc7c6c5)cc4)c4ccccc4-c4cccc5cccc(-c6ccccc6)c45)c23)cc(C(C)(C)C)c1. The van der Waals surface area contributed by atoms with Crippen LogP contribution in [-0.4, -0.2) is 0 Å². The predicted octanol–water partition coefficient (Wildman–Crippen LogP) is 20.3. The van der Waals surface area contributed by atoms with E-state index in [4.69, 9.17) is 4.42 Å². The van der Waals surface area contributed by atoms with Gasteiger partial charge in [-0.1, -0.05) is 236 Å². The van der Waals surface area contributed by atoms with Gasteiger partial charge in [0.1, 0.15) is 11.2 Å². The summed E-state index contributed by atoms with van der Waals surface area (Å²) in [7, 11) is 0. The highest BCUT2D eigenvalue weighted by Gasteiger charge is 2.25. The van der Waals surface area contributed by atoms with Crippen LogP contribution in [0.4, 0.5) is 17.1 Å². The maximum Gasteiger partial charge on any atom is 0.135 e. The predicted molar refractivity (Wildman–Crippen MR) is 308 cm³/mol. The average Bonchev–Trinajstić information content (AvgIpc) is 3.78. The number of benzene rings is 11. The normalized spacial score (nSPS) is 12.0. The summed E-state index contributed by atoms with van der Waals surface area (Å²) in [5.74, 6) is 0. The molecule has 1 aromatic heterocycles. The van der Waals surface area contributed by atoms with Gasteiger partial charge in [0.05, 0.1) is 11.4 Å². The van der Waals surface area contributed by atoms with Crippen molar-refractivity contribution < 1.29 is 4.42 Å². The molecule has 0 unspecified atom stereocenters. The lowest BCUT2D eigenvalue weighted by atomic mass is 9.78. The summed E-state index contributed by atoms with van der Waals surface area (Å²) in [6.45, 7) is 13.9. The van der Waals surface area contributed by atoms with Gasteiger partial charge in [-0.05, 0) is 130 Å². The van der Waals surface area contributed by atoms with Crippen LogP contribution in [0.15, 0.2) is 241 Å². The van der Waals surface area contributed by atoms with Crippen LogP contribution in [0.3, 0.4) is 0 Å². The van der Waals surface area contributed by atoms with E-state index in [0.717, 1.165) is 61.3 Å². The molecule has 2 nitrogen and oxygen atoms in total. The molecule has 0 atom stereocenters. The lowest BCUT2D eigenvalue weighted by molar-refractivity contribution is 0.569. The largest absolute Gasteiger partial charge is 0.456 e. The monoisotopic (exact) mass is 927 g/mol. The van der Waals surface area contributed by atoms with Crippen molar-refractivity contribution in [2.45, 2.75) is 52.4 Å². The first-order valence-electron chi connectivity index (χ1n) is 25.2. The second kappa shape index (κ2) is 17.7. The molecule has 0 amide bonds. The molecule has 12 rings (SSSR count). The summed E-state index contributed by atoms with van der Waals surface area (Å²) in [6.07, 6.45) is 0. The number of anilines is 3. The van der Waals surface area contributed by atoms with E-state index < -0.39 is 0 Å². The molecular formula is C70H57NO. The van der Waals surface area contributed by atoms with E-state index >= 15 is 0 Å². The molecule has 0 radical (unpaired) electrons. The van der Waals surface area contributed by atoms with E-state index in [1.807, 2.05) is 12.1 Å². The molecule has 72 heavy (non-hydrogen) atoms. The van der Waals surface area contributed by atoms with Gasteiger partial charge in [-0.25, -0.2) is 0 Å². The van der Waals surface area contributed by atoms with Crippen molar-refractivity contribution in [1.82, 2.24) is 0 Å². The van der Waals surface area contributed by atoms with Crippen LogP contribution in [0.2, 0.25) is 0 Å². The van der Waals surface area contributed by atoms with E-state index in [2.05, 4.69) is 271 Å². The number of rotatable bonds is 8. The molecule has 0 saturated carbocycles. The van der Waals surface area contributed by atoms with Crippen molar-refractivity contribution in [3.05, 3.63) is 248 Å². The molecule has 0 aliphatic heterocycles. The Hall–Kier alpha value is -8.46. The zero-order chi connectivity index (χ0) is 49.1. The summed E-state index contributed by atoms with van der Waals surface area (Å²) >= 11 is 0. The zero-order valence-corrected chi connectivity index (χ0v) is 41.9. The van der Waals surface area contributed by atoms with Gasteiger partial charge in [0.2, 0.25) is 0 Å². The number of fused-ring (bicyclic) bond motifs is 5. The minimum atomic E-state index is -0.0220. The first kappa shape index (κ1) is 44.7. The maximum absolute atomic E-state index is 6.24. The highest BCUT2D eigenvalue weighted by Crippen LogP contribution is 2.49. The van der Waals surface area contributed by atoms with Crippen molar-refractivity contribution in [3.63, 3.8) is 0 Å². The first-order chi connectivity index (χ1) is 35.0. The van der Waals surface area contributed by atoms with Crippen LogP contribution in [0.5, 0.6) is 0 Å². The molecule has 11 aromatic carbocycles. The molecular weight excluding hydrogens is 871 g/mol. The summed E-state index contributed by atoms with van der Waals surface area (Å²) < 4.78 is 6.24. The quantitative estimate of drug-likeness (QED) is 0.151. The Morgan fingerprint density at radius 3 is 1.33 bits per heavy atom. The van der Waals surface area contributed by atoms with Crippen molar-refractivity contribution >= 4 is 60.5 Å². The molecule has 2 heteroatoms. The lowest BCUT2D eigenvalue weighted by Crippen LogP contribution is -2.16. The molecule has 12 aromatic rings. The van der Waals surface area contributed by atoms with Crippen LogP contribution in [0, 0.1) is 0 Å². The highest BCUT2D eigenvalue weighted by molar-refractivity contribution is 6.12. The number of nitrogens with zero attached hydrogens (tertiary/aromatic N) is 1. The minimum Gasteiger partial charge on any atom is -0.456 e. The van der Waals surface area contributed by atoms with Crippen LogP contribution < -0.4 is 4.90 Å². The van der Waals surface area contributed by atoms with Crippen LogP contribution in [0.1, 0.15) is 52.7 Å². The summed E-state index contributed by atoms with van der Waals surface area (Å²) in [6, 6.07) is 87.0. The van der Waals surface area contributed by atoms with Crippen LogP contribution in [0.25, 0.3) is 99.1 Å². The Kier molecular flexibility index (Phi) is 11.0. The van der Waals surface area contributed by atoms with Gasteiger partial charge in [-0.3, -0.25) is 0 Å². The standard InChI is InChI=1S/C70H57NO/c1-69(2,3)52-42-51(43-53(45-52)70(4,5)6)56-30-17-23-49-25-19-32-61(68(49)56)58-27-11-14-34-64(58)71(54-39-36-46(37-40-54)50-38-41-66-62(44-50)59-28-12-15-35-65(59)72-66)63-33-13-10-26-57(63)60-31-18-24-48-22-16-29-55(67(48)60)47-20-8-7-9-21-47/h7-45H,1-6H3. The van der Waals surface area contributed by atoms with E-state index in [9.17, 15) is 0 Å². The molecule has 348 valence electrons. The number of para-hydroxylation sites is 3. The fraction of sp³-hybridized carbons (Fsp3) is 0.114. The highest BCUT2D eigenvalue weighted by atomic mass is 16.3. The topological polar surface area (TPSA) is 16.4 Å². The second-order valence-corrected chi connectivity index (χ2v) is 21.3. The number of furan rings is 1. The summed E-state index contributed by atoms with van der Waals surface area (Å²) in [5.41, 5.74) is 19.5. The van der Waals surface area contributed by atoms with E-state index in [1.54, 1.807) is 0 Å². The Balaban J connectivity index is 1.09. The summed E-state index contributed by atoms with van der Waals surface area (Å²) in [5, 5.41) is 7.14. The first-order valence-corrected chi connectivity index (χ1v) is 25.2. The van der Waals surface area contributed by atoms with Crippen molar-refractivity contribution in [2.24, 2.45) is 0 Å². The Labute approximate surface area is 423 Å². The van der Waals surface area contributed by atoms with Crippen molar-refractivity contribution in [3.8, 4) is 55.6 Å². The number of hydrogen-bond acceptors (Lipinski definition) is 2. The lowest BCUT2D eigenvalue weighted by Gasteiger charge is -2.31. The van der Waals surface area contributed by atoms with Gasteiger partial charge in [-0.2, -0.15) is 0 Å². The molecule has 0 saturated heterocycles. The van der Waals surface area contributed by atoms with Gasteiger partial charge in [0.25, 0.3) is 0 Å². The third kappa shape index (κ3) is 8.04. The molecule has 0 fully saturated rings. The van der Waals surface area contributed by atoms with E-state index in [-0.39, 0.29) is 10.8 Å². The van der Waals surface area contributed by atoms with E-state index in [0.29, 0.717) is 0 Å². The fourth-order valence-electron chi connectivity index (χ4n) is 10.8. The second-order valence-electron chi connectivity index (χ2n) is 21.3. The van der Waals surface area contributed by atoms with Crippen molar-refractivity contribution in [2.75, 3.05) is 4.90 Å². The third-order valence-electron chi connectivity index (χ3n) is 14.6. The Morgan fingerprint density at radius 2 is 0.764 bits per heavy atom. The van der Waals surface area contributed by atoms with Gasteiger partial charge in [-0.15, -0.1) is 0 Å². The molecule has 0 bridgehead atoms. The molecule has 0 N–H and O–H groups in total. The Morgan fingerprint density at radius 1 is 0.306 bits per heavy atom. The smallest absolute Gasteiger partial charge is 0.135 e. The minimum absolute atomic E-state index is 0.0220. The van der Waals surface area contributed by atoms with Gasteiger partial charge in [0, 0.05) is 27.6 Å². The Bertz CT molecular complexity index is 3950. The van der Waals surface area contributed by atoms with Crippen LogP contribution in [-0.2, 0) is 10.8 Å². The van der Waals surface area contributed by atoms with Crippen molar-refractivity contribution in [1.29, 1.82) is 0 Å².